The van der Waals surface area contributed by atoms with Crippen molar-refractivity contribution in [3.63, 3.8) is 0 Å². The third kappa shape index (κ3) is 3.50. The van der Waals surface area contributed by atoms with Crippen molar-refractivity contribution in [2.45, 2.75) is 16.7 Å². The molecule has 20 heavy (non-hydrogen) atoms. The normalized spacial score (nSPS) is 10.1. The van der Waals surface area contributed by atoms with E-state index in [1.807, 2.05) is 30.3 Å². The molecule has 4 heteroatoms. The molecule has 0 atom stereocenters. The average Bonchev–Trinajstić information content (AvgIpc) is 2.49. The Morgan fingerprint density at radius 1 is 1.15 bits per heavy atom. The van der Waals surface area contributed by atoms with Gasteiger partial charge in [0.1, 0.15) is 6.07 Å². The van der Waals surface area contributed by atoms with Crippen LogP contribution in [0.3, 0.4) is 0 Å². The van der Waals surface area contributed by atoms with Crippen molar-refractivity contribution < 1.29 is 0 Å². The number of benzene rings is 2. The second-order valence-electron chi connectivity index (χ2n) is 4.08. The number of anilines is 2. The minimum absolute atomic E-state index is 0.716. The van der Waals surface area contributed by atoms with E-state index in [9.17, 15) is 5.26 Å². The second-order valence-corrected chi connectivity index (χ2v) is 6.26. The topological polar surface area (TPSA) is 35.8 Å². The van der Waals surface area contributed by atoms with E-state index in [0.29, 0.717) is 5.56 Å². The number of nitriles is 1. The SMILES string of the molecule is CCSc1cccc(Nc2ccc(SC)cc2)c1C#N. The lowest BCUT2D eigenvalue weighted by Gasteiger charge is -2.11. The summed E-state index contributed by atoms with van der Waals surface area (Å²) in [5.41, 5.74) is 2.58. The Morgan fingerprint density at radius 2 is 1.90 bits per heavy atom. The third-order valence-electron chi connectivity index (χ3n) is 2.81. The molecule has 0 aromatic heterocycles. The highest BCUT2D eigenvalue weighted by Gasteiger charge is 2.08. The molecule has 0 aliphatic rings. The van der Waals surface area contributed by atoms with Gasteiger partial charge in [-0.2, -0.15) is 5.26 Å². The number of rotatable bonds is 5. The number of thioether (sulfide) groups is 2. The molecule has 0 spiro atoms. The first-order chi connectivity index (χ1) is 9.78. The van der Waals surface area contributed by atoms with E-state index < -0.39 is 0 Å². The highest BCUT2D eigenvalue weighted by Crippen LogP contribution is 2.30. The molecular formula is C16H16N2S2. The summed E-state index contributed by atoms with van der Waals surface area (Å²) >= 11 is 3.41. The number of nitrogens with zero attached hydrogens (tertiary/aromatic N) is 1. The zero-order valence-electron chi connectivity index (χ0n) is 11.5. The van der Waals surface area contributed by atoms with Crippen LogP contribution in [0.2, 0.25) is 0 Å². The summed E-state index contributed by atoms with van der Waals surface area (Å²) < 4.78 is 0. The van der Waals surface area contributed by atoms with Gasteiger partial charge in [-0.3, -0.25) is 0 Å². The lowest BCUT2D eigenvalue weighted by molar-refractivity contribution is 1.34. The molecule has 0 aliphatic heterocycles. The largest absolute Gasteiger partial charge is 0.354 e. The maximum atomic E-state index is 9.38. The Bertz CT molecular complexity index is 615. The molecule has 0 unspecified atom stereocenters. The Hall–Kier alpha value is -1.57. The number of hydrogen-bond donors (Lipinski definition) is 1. The lowest BCUT2D eigenvalue weighted by Crippen LogP contribution is -1.95. The molecule has 0 saturated heterocycles. The monoisotopic (exact) mass is 300 g/mol. The Kier molecular flexibility index (Phi) is 5.40. The first-order valence-corrected chi connectivity index (χ1v) is 8.56. The fraction of sp³-hybridized carbons (Fsp3) is 0.188. The minimum Gasteiger partial charge on any atom is -0.354 e. The van der Waals surface area contributed by atoms with Crippen molar-refractivity contribution >= 4 is 34.9 Å². The highest BCUT2D eigenvalue weighted by molar-refractivity contribution is 7.99. The summed E-state index contributed by atoms with van der Waals surface area (Å²) in [7, 11) is 0. The van der Waals surface area contributed by atoms with Crippen molar-refractivity contribution in [3.8, 4) is 6.07 Å². The van der Waals surface area contributed by atoms with Crippen molar-refractivity contribution in [1.29, 1.82) is 5.26 Å². The van der Waals surface area contributed by atoms with Crippen molar-refractivity contribution in [3.05, 3.63) is 48.0 Å². The molecule has 0 bridgehead atoms. The zero-order valence-corrected chi connectivity index (χ0v) is 13.1. The van der Waals surface area contributed by atoms with Gasteiger partial charge in [0, 0.05) is 15.5 Å². The van der Waals surface area contributed by atoms with Gasteiger partial charge < -0.3 is 5.32 Å². The quantitative estimate of drug-likeness (QED) is 0.776. The molecule has 0 amide bonds. The van der Waals surface area contributed by atoms with Gasteiger partial charge in [0.05, 0.1) is 11.3 Å². The Balaban J connectivity index is 2.28. The molecule has 2 nitrogen and oxygen atoms in total. The van der Waals surface area contributed by atoms with E-state index in [1.54, 1.807) is 23.5 Å². The molecule has 2 rings (SSSR count). The zero-order chi connectivity index (χ0) is 14.4. The highest BCUT2D eigenvalue weighted by atomic mass is 32.2. The summed E-state index contributed by atoms with van der Waals surface area (Å²) in [6.07, 6.45) is 2.06. The van der Waals surface area contributed by atoms with Crippen molar-refractivity contribution in [2.75, 3.05) is 17.3 Å². The summed E-state index contributed by atoms with van der Waals surface area (Å²) in [6, 6.07) is 16.4. The van der Waals surface area contributed by atoms with Crippen molar-refractivity contribution in [1.82, 2.24) is 0 Å². The molecule has 0 saturated carbocycles. The van der Waals surface area contributed by atoms with E-state index in [0.717, 1.165) is 22.0 Å². The van der Waals surface area contributed by atoms with E-state index in [-0.39, 0.29) is 0 Å². The summed E-state index contributed by atoms with van der Waals surface area (Å²) in [6.45, 7) is 2.09. The van der Waals surface area contributed by atoms with Crippen LogP contribution in [0.15, 0.2) is 52.3 Å². The summed E-state index contributed by atoms with van der Waals surface area (Å²) in [4.78, 5) is 2.26. The molecule has 1 N–H and O–H groups in total. The van der Waals surface area contributed by atoms with Crippen LogP contribution in [-0.2, 0) is 0 Å². The van der Waals surface area contributed by atoms with E-state index >= 15 is 0 Å². The van der Waals surface area contributed by atoms with Crippen LogP contribution < -0.4 is 5.32 Å². The Labute approximate surface area is 128 Å². The van der Waals surface area contributed by atoms with Crippen LogP contribution in [0.4, 0.5) is 11.4 Å². The van der Waals surface area contributed by atoms with Crippen LogP contribution in [0.1, 0.15) is 12.5 Å². The summed E-state index contributed by atoms with van der Waals surface area (Å²) in [5, 5.41) is 12.7. The van der Waals surface area contributed by atoms with E-state index in [1.165, 1.54) is 4.90 Å². The first kappa shape index (κ1) is 14.8. The lowest BCUT2D eigenvalue weighted by atomic mass is 10.2. The standard InChI is InChI=1S/C16H16N2S2/c1-3-20-16-6-4-5-15(14(16)11-17)18-12-7-9-13(19-2)10-8-12/h4-10,18H,3H2,1-2H3. The molecule has 0 aliphatic carbocycles. The van der Waals surface area contributed by atoms with Crippen LogP contribution in [0, 0.1) is 11.3 Å². The smallest absolute Gasteiger partial charge is 0.103 e. The van der Waals surface area contributed by atoms with Crippen molar-refractivity contribution in [2.24, 2.45) is 0 Å². The fourth-order valence-corrected chi connectivity index (χ4v) is 3.05. The van der Waals surface area contributed by atoms with E-state index in [2.05, 4.69) is 36.7 Å². The molecule has 0 heterocycles. The minimum atomic E-state index is 0.716. The Morgan fingerprint density at radius 3 is 2.50 bits per heavy atom. The van der Waals surface area contributed by atoms with Gasteiger partial charge >= 0.3 is 0 Å². The van der Waals surface area contributed by atoms with Crippen LogP contribution >= 0.6 is 23.5 Å². The van der Waals surface area contributed by atoms with Crippen LogP contribution in [-0.4, -0.2) is 12.0 Å². The van der Waals surface area contributed by atoms with Gasteiger partial charge in [-0.15, -0.1) is 23.5 Å². The first-order valence-electron chi connectivity index (χ1n) is 6.35. The van der Waals surface area contributed by atoms with Gasteiger partial charge in [0.15, 0.2) is 0 Å². The second kappa shape index (κ2) is 7.28. The maximum absolute atomic E-state index is 9.38. The average molecular weight is 300 g/mol. The fourth-order valence-electron chi connectivity index (χ4n) is 1.86. The predicted molar refractivity (Wildman–Crippen MR) is 89.1 cm³/mol. The van der Waals surface area contributed by atoms with Gasteiger partial charge in [0.25, 0.3) is 0 Å². The summed E-state index contributed by atoms with van der Waals surface area (Å²) in [5.74, 6) is 0.959. The third-order valence-corrected chi connectivity index (χ3v) is 4.49. The van der Waals surface area contributed by atoms with Gasteiger partial charge in [0.2, 0.25) is 0 Å². The molecule has 102 valence electrons. The molecule has 2 aromatic rings. The van der Waals surface area contributed by atoms with Crippen LogP contribution in [0.25, 0.3) is 0 Å². The number of hydrogen-bond acceptors (Lipinski definition) is 4. The molecular weight excluding hydrogens is 284 g/mol. The molecule has 2 aromatic carbocycles. The van der Waals surface area contributed by atoms with E-state index in [4.69, 9.17) is 0 Å². The predicted octanol–water partition coefficient (Wildman–Crippen LogP) is 5.14. The molecule has 0 radical (unpaired) electrons. The van der Waals surface area contributed by atoms with Crippen LogP contribution in [0.5, 0.6) is 0 Å². The van der Waals surface area contributed by atoms with Gasteiger partial charge in [-0.25, -0.2) is 0 Å². The molecule has 0 fully saturated rings. The van der Waals surface area contributed by atoms with Gasteiger partial charge in [-0.1, -0.05) is 13.0 Å². The van der Waals surface area contributed by atoms with Gasteiger partial charge in [-0.05, 0) is 48.4 Å². The maximum Gasteiger partial charge on any atom is 0.103 e. The number of nitrogens with one attached hydrogen (secondary N) is 1.